The molecule has 0 unspecified atom stereocenters. The molecule has 0 bridgehead atoms. The summed E-state index contributed by atoms with van der Waals surface area (Å²) < 4.78 is 0. The molecule has 0 radical (unpaired) electrons. The Morgan fingerprint density at radius 1 is 1.36 bits per heavy atom. The summed E-state index contributed by atoms with van der Waals surface area (Å²) in [7, 11) is 0. The summed E-state index contributed by atoms with van der Waals surface area (Å²) in [5.41, 5.74) is 1.25. The average molecular weight is 190 g/mol. The Kier molecular flexibility index (Phi) is 8.89. The van der Waals surface area contributed by atoms with Crippen molar-refractivity contribution in [3.05, 3.63) is 24.3 Å². The first-order chi connectivity index (χ1) is 6.77. The molecule has 0 amide bonds. The third-order valence-corrected chi connectivity index (χ3v) is 1.74. The van der Waals surface area contributed by atoms with Crippen LogP contribution in [-0.2, 0) is 4.79 Å². The van der Waals surface area contributed by atoms with Gasteiger partial charge in [-0.25, -0.2) is 0 Å². The Labute approximate surface area is 86.9 Å². The monoisotopic (exact) mass is 190 g/mol. The summed E-state index contributed by atoms with van der Waals surface area (Å²) in [6.07, 6.45) is 10.0. The Morgan fingerprint density at radius 3 is 2.71 bits per heavy atom. The standard InChI is InChI=1S/C13H18O/c1-13(2)11-9-7-5-3-4-6-8-10-12-14/h3,5,12H,1,4,6-7,9,11H2,2H3/b5-3+. The minimum absolute atomic E-state index is 0.635. The molecule has 1 heteroatoms. The van der Waals surface area contributed by atoms with Crippen molar-refractivity contribution >= 4 is 6.29 Å². The van der Waals surface area contributed by atoms with Crippen molar-refractivity contribution < 1.29 is 4.79 Å². The molecule has 0 fully saturated rings. The summed E-state index contributed by atoms with van der Waals surface area (Å²) in [5.74, 6) is 5.15. The minimum Gasteiger partial charge on any atom is -0.289 e. The zero-order valence-electron chi connectivity index (χ0n) is 8.88. The number of carbonyl (C=O) groups excluding carboxylic acids is 1. The SMILES string of the molecule is C=C(C)CCC/C=C/CCC#CC=O. The van der Waals surface area contributed by atoms with Gasteiger partial charge in [0, 0.05) is 6.42 Å². The van der Waals surface area contributed by atoms with E-state index in [4.69, 9.17) is 0 Å². The highest BCUT2D eigenvalue weighted by Gasteiger charge is 1.84. The summed E-state index contributed by atoms with van der Waals surface area (Å²) in [6, 6.07) is 0. The Hall–Kier alpha value is -1.29. The van der Waals surface area contributed by atoms with Gasteiger partial charge < -0.3 is 0 Å². The molecule has 0 N–H and O–H groups in total. The van der Waals surface area contributed by atoms with E-state index < -0.39 is 0 Å². The first kappa shape index (κ1) is 12.7. The lowest BCUT2D eigenvalue weighted by atomic mass is 10.1. The summed E-state index contributed by atoms with van der Waals surface area (Å²) in [6.45, 7) is 5.90. The van der Waals surface area contributed by atoms with E-state index in [1.165, 1.54) is 12.0 Å². The zero-order chi connectivity index (χ0) is 10.6. The molecule has 76 valence electrons. The molecule has 1 nitrogen and oxygen atoms in total. The van der Waals surface area contributed by atoms with Crippen molar-refractivity contribution in [2.45, 2.75) is 39.0 Å². The van der Waals surface area contributed by atoms with Gasteiger partial charge in [-0.15, -0.1) is 6.58 Å². The van der Waals surface area contributed by atoms with E-state index in [9.17, 15) is 4.79 Å². The van der Waals surface area contributed by atoms with Crippen molar-refractivity contribution in [3.8, 4) is 11.8 Å². The van der Waals surface area contributed by atoms with Crippen molar-refractivity contribution in [3.63, 3.8) is 0 Å². The molecule has 0 atom stereocenters. The van der Waals surface area contributed by atoms with E-state index in [0.29, 0.717) is 6.29 Å². The Bertz CT molecular complexity index is 250. The highest BCUT2D eigenvalue weighted by Crippen LogP contribution is 2.04. The quantitative estimate of drug-likeness (QED) is 0.272. The van der Waals surface area contributed by atoms with Gasteiger partial charge in [0.15, 0.2) is 6.29 Å². The highest BCUT2D eigenvalue weighted by atomic mass is 16.1. The van der Waals surface area contributed by atoms with Crippen molar-refractivity contribution in [2.75, 3.05) is 0 Å². The second kappa shape index (κ2) is 9.80. The minimum atomic E-state index is 0.635. The van der Waals surface area contributed by atoms with E-state index >= 15 is 0 Å². The molecule has 0 spiro atoms. The molecule has 14 heavy (non-hydrogen) atoms. The molecular weight excluding hydrogens is 172 g/mol. The van der Waals surface area contributed by atoms with Crippen LogP contribution < -0.4 is 0 Å². The smallest absolute Gasteiger partial charge is 0.192 e. The van der Waals surface area contributed by atoms with Crippen molar-refractivity contribution in [1.29, 1.82) is 0 Å². The molecule has 0 aliphatic heterocycles. The van der Waals surface area contributed by atoms with Gasteiger partial charge in [0.25, 0.3) is 0 Å². The third kappa shape index (κ3) is 10.7. The third-order valence-electron chi connectivity index (χ3n) is 1.74. The fraction of sp³-hybridized carbons (Fsp3) is 0.462. The van der Waals surface area contributed by atoms with E-state index in [2.05, 4.69) is 37.5 Å². The van der Waals surface area contributed by atoms with Crippen LogP contribution in [0, 0.1) is 11.8 Å². The maximum absolute atomic E-state index is 9.84. The van der Waals surface area contributed by atoms with Crippen LogP contribution in [0.4, 0.5) is 0 Å². The van der Waals surface area contributed by atoms with Crippen LogP contribution in [0.5, 0.6) is 0 Å². The topological polar surface area (TPSA) is 17.1 Å². The maximum Gasteiger partial charge on any atom is 0.192 e. The van der Waals surface area contributed by atoms with Gasteiger partial charge in [0.1, 0.15) is 0 Å². The van der Waals surface area contributed by atoms with Crippen LogP contribution in [0.25, 0.3) is 0 Å². The Morgan fingerprint density at radius 2 is 2.07 bits per heavy atom. The van der Waals surface area contributed by atoms with E-state index in [-0.39, 0.29) is 0 Å². The molecule has 0 rings (SSSR count). The lowest BCUT2D eigenvalue weighted by molar-refractivity contribution is -0.103. The number of hydrogen-bond acceptors (Lipinski definition) is 1. The summed E-state index contributed by atoms with van der Waals surface area (Å²) in [4.78, 5) is 9.84. The molecule has 0 saturated heterocycles. The fourth-order valence-electron chi connectivity index (χ4n) is 1.03. The summed E-state index contributed by atoms with van der Waals surface area (Å²) in [5, 5.41) is 0. The lowest BCUT2D eigenvalue weighted by Gasteiger charge is -1.94. The number of rotatable bonds is 6. The predicted molar refractivity (Wildman–Crippen MR) is 60.9 cm³/mol. The van der Waals surface area contributed by atoms with Crippen molar-refractivity contribution in [1.82, 2.24) is 0 Å². The van der Waals surface area contributed by atoms with Gasteiger partial charge in [0.2, 0.25) is 0 Å². The molecule has 0 aromatic carbocycles. The van der Waals surface area contributed by atoms with E-state index in [0.717, 1.165) is 25.7 Å². The first-order valence-electron chi connectivity index (χ1n) is 4.98. The molecule has 0 saturated carbocycles. The second-order valence-electron chi connectivity index (χ2n) is 3.30. The zero-order valence-corrected chi connectivity index (χ0v) is 8.88. The van der Waals surface area contributed by atoms with Gasteiger partial charge in [-0.1, -0.05) is 23.6 Å². The van der Waals surface area contributed by atoms with Crippen LogP contribution >= 0.6 is 0 Å². The van der Waals surface area contributed by atoms with Gasteiger partial charge >= 0.3 is 0 Å². The van der Waals surface area contributed by atoms with Gasteiger partial charge in [0.05, 0.1) is 0 Å². The highest BCUT2D eigenvalue weighted by molar-refractivity contribution is 5.72. The normalized spacial score (nSPS) is 9.50. The average Bonchev–Trinajstić information content (AvgIpc) is 2.15. The number of aldehydes is 1. The molecule has 0 aliphatic rings. The van der Waals surface area contributed by atoms with Crippen LogP contribution in [0.2, 0.25) is 0 Å². The molecular formula is C13H18O. The van der Waals surface area contributed by atoms with Gasteiger partial charge in [-0.05, 0) is 38.5 Å². The van der Waals surface area contributed by atoms with Crippen LogP contribution in [0.3, 0.4) is 0 Å². The number of unbranched alkanes of at least 4 members (excludes halogenated alkanes) is 2. The molecule has 0 heterocycles. The van der Waals surface area contributed by atoms with Crippen molar-refractivity contribution in [2.24, 2.45) is 0 Å². The number of carbonyl (C=O) groups is 1. The fourth-order valence-corrected chi connectivity index (χ4v) is 1.03. The first-order valence-corrected chi connectivity index (χ1v) is 4.98. The molecule has 0 aliphatic carbocycles. The van der Waals surface area contributed by atoms with Gasteiger partial charge in [-0.3, -0.25) is 4.79 Å². The van der Waals surface area contributed by atoms with Crippen LogP contribution in [-0.4, -0.2) is 6.29 Å². The van der Waals surface area contributed by atoms with E-state index in [1.807, 2.05) is 0 Å². The van der Waals surface area contributed by atoms with Crippen LogP contribution in [0.15, 0.2) is 24.3 Å². The predicted octanol–water partition coefficient (Wildman–Crippen LogP) is 3.27. The van der Waals surface area contributed by atoms with E-state index in [1.54, 1.807) is 0 Å². The Balaban J connectivity index is 3.27. The molecule has 0 aromatic rings. The van der Waals surface area contributed by atoms with Gasteiger partial charge in [-0.2, -0.15) is 0 Å². The van der Waals surface area contributed by atoms with Crippen LogP contribution in [0.1, 0.15) is 39.0 Å². The largest absolute Gasteiger partial charge is 0.289 e. The number of hydrogen-bond donors (Lipinski definition) is 0. The summed E-state index contributed by atoms with van der Waals surface area (Å²) >= 11 is 0. The second-order valence-corrected chi connectivity index (χ2v) is 3.30. The maximum atomic E-state index is 9.84. The molecule has 0 aromatic heterocycles. The number of allylic oxidation sites excluding steroid dienone is 3. The lowest BCUT2D eigenvalue weighted by Crippen LogP contribution is -1.74.